The standard InChI is InChI=1S/C14H27N3O/c1-4-14(5-2)17-11-8-13(16-17)7-6-9-15-10-12-18-3/h8,11,14-15H,4-7,9-10,12H2,1-3H3. The van der Waals surface area contributed by atoms with E-state index in [0.29, 0.717) is 6.04 Å². The van der Waals surface area contributed by atoms with Crippen molar-refractivity contribution in [2.24, 2.45) is 0 Å². The monoisotopic (exact) mass is 253 g/mol. The van der Waals surface area contributed by atoms with Crippen molar-refractivity contribution in [3.63, 3.8) is 0 Å². The van der Waals surface area contributed by atoms with Crippen LogP contribution in [0, 0.1) is 0 Å². The average Bonchev–Trinajstić information content (AvgIpc) is 2.84. The van der Waals surface area contributed by atoms with Crippen molar-refractivity contribution in [1.82, 2.24) is 15.1 Å². The fraction of sp³-hybridized carbons (Fsp3) is 0.786. The minimum Gasteiger partial charge on any atom is -0.383 e. The van der Waals surface area contributed by atoms with Crippen LogP contribution in [0.2, 0.25) is 0 Å². The molecule has 0 bridgehead atoms. The molecule has 0 fully saturated rings. The molecule has 0 spiro atoms. The molecule has 1 rings (SSSR count). The molecule has 0 atom stereocenters. The predicted octanol–water partition coefficient (Wildman–Crippen LogP) is 2.41. The minimum absolute atomic E-state index is 0.554. The van der Waals surface area contributed by atoms with Gasteiger partial charge in [-0.3, -0.25) is 4.68 Å². The lowest BCUT2D eigenvalue weighted by Crippen LogP contribution is -2.20. The van der Waals surface area contributed by atoms with E-state index in [1.54, 1.807) is 7.11 Å². The summed E-state index contributed by atoms with van der Waals surface area (Å²) in [6.45, 7) is 7.17. The third-order valence-electron chi connectivity index (χ3n) is 3.25. The molecule has 18 heavy (non-hydrogen) atoms. The fourth-order valence-electron chi connectivity index (χ4n) is 2.07. The zero-order chi connectivity index (χ0) is 13.2. The summed E-state index contributed by atoms with van der Waals surface area (Å²) in [5.41, 5.74) is 1.20. The molecule has 0 saturated carbocycles. The van der Waals surface area contributed by atoms with Crippen molar-refractivity contribution in [2.45, 2.75) is 45.6 Å². The molecule has 0 aliphatic carbocycles. The molecule has 104 valence electrons. The lowest BCUT2D eigenvalue weighted by molar-refractivity contribution is 0.199. The van der Waals surface area contributed by atoms with Gasteiger partial charge in [0.1, 0.15) is 0 Å². The van der Waals surface area contributed by atoms with E-state index in [1.165, 1.54) is 5.69 Å². The second-order valence-electron chi connectivity index (χ2n) is 4.60. The average molecular weight is 253 g/mol. The van der Waals surface area contributed by atoms with Crippen LogP contribution in [0.3, 0.4) is 0 Å². The van der Waals surface area contributed by atoms with Crippen molar-refractivity contribution in [2.75, 3.05) is 26.8 Å². The highest BCUT2D eigenvalue weighted by Gasteiger charge is 2.07. The third kappa shape index (κ3) is 5.19. The summed E-state index contributed by atoms with van der Waals surface area (Å²) in [4.78, 5) is 0. The van der Waals surface area contributed by atoms with Crippen LogP contribution in [0.1, 0.15) is 44.8 Å². The van der Waals surface area contributed by atoms with Crippen molar-refractivity contribution < 1.29 is 4.74 Å². The Balaban J connectivity index is 2.23. The molecule has 1 aromatic heterocycles. The molecule has 0 aromatic carbocycles. The normalized spacial score (nSPS) is 11.3. The molecule has 4 nitrogen and oxygen atoms in total. The summed E-state index contributed by atoms with van der Waals surface area (Å²) in [6, 6.07) is 2.70. The second-order valence-corrected chi connectivity index (χ2v) is 4.60. The Labute approximate surface area is 111 Å². The van der Waals surface area contributed by atoms with E-state index < -0.39 is 0 Å². The second kappa shape index (κ2) is 9.11. The summed E-state index contributed by atoms with van der Waals surface area (Å²) in [6.07, 6.45) is 6.59. The Bertz CT molecular complexity index is 308. The molecule has 0 amide bonds. The Morgan fingerprint density at radius 1 is 1.33 bits per heavy atom. The molecule has 1 N–H and O–H groups in total. The van der Waals surface area contributed by atoms with Gasteiger partial charge in [-0.15, -0.1) is 0 Å². The first kappa shape index (κ1) is 15.2. The van der Waals surface area contributed by atoms with Gasteiger partial charge in [0, 0.05) is 19.9 Å². The van der Waals surface area contributed by atoms with Gasteiger partial charge in [-0.25, -0.2) is 0 Å². The molecule has 1 heterocycles. The SMILES string of the molecule is CCC(CC)n1ccc(CCCNCCOC)n1. The molecular formula is C14H27N3O. The number of ether oxygens (including phenoxy) is 1. The number of nitrogens with one attached hydrogen (secondary N) is 1. The Morgan fingerprint density at radius 3 is 2.78 bits per heavy atom. The van der Waals surface area contributed by atoms with Gasteiger partial charge < -0.3 is 10.1 Å². The van der Waals surface area contributed by atoms with Crippen molar-refractivity contribution in [3.8, 4) is 0 Å². The first-order chi connectivity index (χ1) is 8.81. The number of rotatable bonds is 10. The van der Waals surface area contributed by atoms with Crippen molar-refractivity contribution >= 4 is 0 Å². The summed E-state index contributed by atoms with van der Waals surface area (Å²) in [7, 11) is 1.73. The van der Waals surface area contributed by atoms with E-state index in [2.05, 4.69) is 41.2 Å². The maximum Gasteiger partial charge on any atom is 0.0625 e. The van der Waals surface area contributed by atoms with Gasteiger partial charge in [-0.2, -0.15) is 5.10 Å². The van der Waals surface area contributed by atoms with E-state index in [4.69, 9.17) is 4.74 Å². The van der Waals surface area contributed by atoms with Crippen LogP contribution >= 0.6 is 0 Å². The van der Waals surface area contributed by atoms with Gasteiger partial charge in [-0.05, 0) is 38.3 Å². The summed E-state index contributed by atoms with van der Waals surface area (Å²) in [5, 5.41) is 8.00. The number of methoxy groups -OCH3 is 1. The summed E-state index contributed by atoms with van der Waals surface area (Å²) < 4.78 is 7.10. The lowest BCUT2D eigenvalue weighted by atomic mass is 10.2. The molecular weight excluding hydrogens is 226 g/mol. The summed E-state index contributed by atoms with van der Waals surface area (Å²) in [5.74, 6) is 0. The first-order valence-corrected chi connectivity index (χ1v) is 7.05. The number of aryl methyl sites for hydroxylation is 1. The molecule has 0 radical (unpaired) electrons. The van der Waals surface area contributed by atoms with Crippen LogP contribution in [0.25, 0.3) is 0 Å². The van der Waals surface area contributed by atoms with Crippen LogP contribution in [0.4, 0.5) is 0 Å². The Kier molecular flexibility index (Phi) is 7.69. The fourth-order valence-corrected chi connectivity index (χ4v) is 2.07. The van der Waals surface area contributed by atoms with Crippen LogP contribution in [-0.2, 0) is 11.2 Å². The lowest BCUT2D eigenvalue weighted by Gasteiger charge is -2.12. The number of hydrogen-bond donors (Lipinski definition) is 1. The topological polar surface area (TPSA) is 39.1 Å². The van der Waals surface area contributed by atoms with Gasteiger partial charge in [0.25, 0.3) is 0 Å². The number of nitrogens with zero attached hydrogens (tertiary/aromatic N) is 2. The van der Waals surface area contributed by atoms with E-state index in [0.717, 1.165) is 45.4 Å². The van der Waals surface area contributed by atoms with E-state index in [1.807, 2.05) is 0 Å². The van der Waals surface area contributed by atoms with Crippen molar-refractivity contribution in [3.05, 3.63) is 18.0 Å². The Hall–Kier alpha value is -0.870. The molecule has 0 aliphatic rings. The summed E-state index contributed by atoms with van der Waals surface area (Å²) >= 11 is 0. The quantitative estimate of drug-likeness (QED) is 0.651. The molecule has 0 saturated heterocycles. The molecule has 0 aliphatic heterocycles. The van der Waals surface area contributed by atoms with Crippen molar-refractivity contribution in [1.29, 1.82) is 0 Å². The molecule has 1 aromatic rings. The minimum atomic E-state index is 0.554. The highest BCUT2D eigenvalue weighted by atomic mass is 16.5. The van der Waals surface area contributed by atoms with E-state index >= 15 is 0 Å². The third-order valence-corrected chi connectivity index (χ3v) is 3.25. The van der Waals surface area contributed by atoms with E-state index in [-0.39, 0.29) is 0 Å². The van der Waals surface area contributed by atoms with Crippen LogP contribution < -0.4 is 5.32 Å². The van der Waals surface area contributed by atoms with Gasteiger partial charge in [0.2, 0.25) is 0 Å². The van der Waals surface area contributed by atoms with Gasteiger partial charge in [0.15, 0.2) is 0 Å². The van der Waals surface area contributed by atoms with Crippen LogP contribution in [0.15, 0.2) is 12.3 Å². The molecule has 4 heteroatoms. The van der Waals surface area contributed by atoms with E-state index in [9.17, 15) is 0 Å². The highest BCUT2D eigenvalue weighted by molar-refractivity contribution is 5.00. The zero-order valence-electron chi connectivity index (χ0n) is 12.0. The smallest absolute Gasteiger partial charge is 0.0625 e. The zero-order valence-corrected chi connectivity index (χ0v) is 12.0. The van der Waals surface area contributed by atoms with Crippen LogP contribution in [0.5, 0.6) is 0 Å². The molecule has 0 unspecified atom stereocenters. The van der Waals surface area contributed by atoms with Gasteiger partial charge in [-0.1, -0.05) is 13.8 Å². The van der Waals surface area contributed by atoms with Gasteiger partial charge in [0.05, 0.1) is 18.3 Å². The number of hydrogen-bond acceptors (Lipinski definition) is 3. The largest absolute Gasteiger partial charge is 0.383 e. The maximum absolute atomic E-state index is 4.98. The predicted molar refractivity (Wildman–Crippen MR) is 74.9 cm³/mol. The highest BCUT2D eigenvalue weighted by Crippen LogP contribution is 2.14. The van der Waals surface area contributed by atoms with Crippen LogP contribution in [-0.4, -0.2) is 36.6 Å². The first-order valence-electron chi connectivity index (χ1n) is 7.05. The Morgan fingerprint density at radius 2 is 2.11 bits per heavy atom. The maximum atomic E-state index is 4.98. The number of aromatic nitrogens is 2. The van der Waals surface area contributed by atoms with Gasteiger partial charge >= 0.3 is 0 Å².